The molecule has 0 amide bonds. The number of Topliss-reactive ketones (excluding diaryl/α,β-unsaturated/α-hetero) is 1. The number of aromatic nitrogens is 1. The molecule has 0 bridgehead atoms. The summed E-state index contributed by atoms with van der Waals surface area (Å²) in [5, 5.41) is 3.04. The van der Waals surface area contributed by atoms with Crippen LogP contribution in [0.5, 0.6) is 0 Å². The first-order valence-corrected chi connectivity index (χ1v) is 7.58. The molecule has 0 fully saturated rings. The average molecular weight is 297 g/mol. The molecule has 22 heavy (non-hydrogen) atoms. The Morgan fingerprint density at radius 3 is 2.68 bits per heavy atom. The number of carbonyl (C=O) groups is 1. The van der Waals surface area contributed by atoms with Gasteiger partial charge < -0.3 is 14.7 Å². The molecule has 2 heterocycles. The van der Waals surface area contributed by atoms with Crippen molar-refractivity contribution in [3.05, 3.63) is 59.7 Å². The SMILES string of the molecule is Cc1[nH]c2ccccc2c1C(=O)[C@H](C)[NH2+][C@H](C)c1ccco1. The van der Waals surface area contributed by atoms with E-state index in [4.69, 9.17) is 4.42 Å². The predicted molar refractivity (Wildman–Crippen MR) is 85.9 cm³/mol. The largest absolute Gasteiger partial charge is 0.463 e. The van der Waals surface area contributed by atoms with Crippen LogP contribution < -0.4 is 5.32 Å². The molecule has 0 aliphatic rings. The molecule has 3 N–H and O–H groups in total. The van der Waals surface area contributed by atoms with Crippen LogP contribution in [0.25, 0.3) is 10.9 Å². The van der Waals surface area contributed by atoms with E-state index in [0.29, 0.717) is 0 Å². The van der Waals surface area contributed by atoms with Crippen molar-refractivity contribution in [3.8, 4) is 0 Å². The van der Waals surface area contributed by atoms with Gasteiger partial charge in [-0.2, -0.15) is 0 Å². The van der Waals surface area contributed by atoms with Crippen molar-refractivity contribution in [3.63, 3.8) is 0 Å². The molecule has 114 valence electrons. The van der Waals surface area contributed by atoms with Gasteiger partial charge in [0, 0.05) is 16.6 Å². The van der Waals surface area contributed by atoms with Crippen LogP contribution in [0.4, 0.5) is 0 Å². The van der Waals surface area contributed by atoms with E-state index in [0.717, 1.165) is 27.9 Å². The highest BCUT2D eigenvalue weighted by Crippen LogP contribution is 2.23. The van der Waals surface area contributed by atoms with E-state index in [9.17, 15) is 4.79 Å². The highest BCUT2D eigenvalue weighted by atomic mass is 16.3. The second-order valence-corrected chi connectivity index (χ2v) is 5.82. The molecule has 3 aromatic rings. The fraction of sp³-hybridized carbons (Fsp3) is 0.278. The van der Waals surface area contributed by atoms with E-state index in [1.54, 1.807) is 6.26 Å². The van der Waals surface area contributed by atoms with Gasteiger partial charge in [-0.3, -0.25) is 4.79 Å². The summed E-state index contributed by atoms with van der Waals surface area (Å²) >= 11 is 0. The minimum absolute atomic E-state index is 0.111. The molecule has 2 aromatic heterocycles. The van der Waals surface area contributed by atoms with E-state index in [2.05, 4.69) is 4.98 Å². The third-order valence-electron chi connectivity index (χ3n) is 4.12. The van der Waals surface area contributed by atoms with Gasteiger partial charge in [-0.1, -0.05) is 18.2 Å². The lowest BCUT2D eigenvalue weighted by molar-refractivity contribution is -0.710. The van der Waals surface area contributed by atoms with Gasteiger partial charge in [0.25, 0.3) is 0 Å². The quantitative estimate of drug-likeness (QED) is 0.711. The van der Waals surface area contributed by atoms with Gasteiger partial charge in [-0.15, -0.1) is 0 Å². The number of furan rings is 1. The number of hydrogen-bond acceptors (Lipinski definition) is 2. The summed E-state index contributed by atoms with van der Waals surface area (Å²) in [5.74, 6) is 1.03. The number of aromatic amines is 1. The van der Waals surface area contributed by atoms with Crippen LogP contribution in [0.15, 0.2) is 47.1 Å². The number of hydrogen-bond donors (Lipinski definition) is 2. The average Bonchev–Trinajstić information content (AvgIpc) is 3.13. The summed E-state index contributed by atoms with van der Waals surface area (Å²) in [4.78, 5) is 16.2. The van der Waals surface area contributed by atoms with Crippen LogP contribution in [-0.4, -0.2) is 16.8 Å². The van der Waals surface area contributed by atoms with E-state index in [-0.39, 0.29) is 17.9 Å². The molecular weight excluding hydrogens is 276 g/mol. The molecule has 0 radical (unpaired) electrons. The molecule has 2 atom stereocenters. The number of carbonyl (C=O) groups excluding carboxylic acids is 1. The first kappa shape index (κ1) is 14.6. The Morgan fingerprint density at radius 1 is 1.18 bits per heavy atom. The molecule has 0 unspecified atom stereocenters. The van der Waals surface area contributed by atoms with Crippen LogP contribution in [0, 0.1) is 6.92 Å². The third-order valence-corrected chi connectivity index (χ3v) is 4.12. The van der Waals surface area contributed by atoms with Crippen molar-refractivity contribution >= 4 is 16.7 Å². The Kier molecular flexibility index (Phi) is 3.86. The lowest BCUT2D eigenvalue weighted by Gasteiger charge is -2.14. The lowest BCUT2D eigenvalue weighted by Crippen LogP contribution is -2.91. The second kappa shape index (κ2) is 5.81. The van der Waals surface area contributed by atoms with Gasteiger partial charge in [-0.25, -0.2) is 0 Å². The number of para-hydroxylation sites is 1. The lowest BCUT2D eigenvalue weighted by atomic mass is 10.0. The van der Waals surface area contributed by atoms with Crippen LogP contribution in [0.1, 0.15) is 41.7 Å². The first-order chi connectivity index (χ1) is 10.6. The number of aryl methyl sites for hydroxylation is 1. The number of H-pyrrole nitrogens is 1. The maximum Gasteiger partial charge on any atom is 0.221 e. The zero-order valence-corrected chi connectivity index (χ0v) is 13.1. The van der Waals surface area contributed by atoms with Gasteiger partial charge in [-0.05, 0) is 39.0 Å². The molecule has 3 rings (SSSR count). The van der Waals surface area contributed by atoms with Crippen molar-refractivity contribution < 1.29 is 14.5 Å². The summed E-state index contributed by atoms with van der Waals surface area (Å²) in [6.07, 6.45) is 1.66. The molecule has 0 saturated heterocycles. The van der Waals surface area contributed by atoms with Crippen LogP contribution in [-0.2, 0) is 0 Å². The third kappa shape index (κ3) is 2.57. The van der Waals surface area contributed by atoms with Crippen molar-refractivity contribution in [1.29, 1.82) is 0 Å². The molecule has 1 aromatic carbocycles. The number of benzene rings is 1. The van der Waals surface area contributed by atoms with Gasteiger partial charge in [0.05, 0.1) is 11.8 Å². The van der Waals surface area contributed by atoms with Crippen molar-refractivity contribution in [2.24, 2.45) is 0 Å². The molecule has 4 nitrogen and oxygen atoms in total. The normalized spacial score (nSPS) is 14.1. The van der Waals surface area contributed by atoms with Crippen molar-refractivity contribution in [1.82, 2.24) is 4.98 Å². The van der Waals surface area contributed by atoms with Crippen LogP contribution in [0.2, 0.25) is 0 Å². The Labute approximate surface area is 129 Å². The summed E-state index contributed by atoms with van der Waals surface area (Å²) in [6, 6.07) is 11.7. The number of quaternary nitrogens is 1. The zero-order valence-electron chi connectivity index (χ0n) is 13.1. The van der Waals surface area contributed by atoms with Crippen molar-refractivity contribution in [2.45, 2.75) is 32.9 Å². The summed E-state index contributed by atoms with van der Waals surface area (Å²) in [7, 11) is 0. The molecule has 0 spiro atoms. The molecule has 0 saturated carbocycles. The van der Waals surface area contributed by atoms with E-state index < -0.39 is 0 Å². The maximum atomic E-state index is 12.9. The minimum Gasteiger partial charge on any atom is -0.463 e. The zero-order chi connectivity index (χ0) is 15.7. The van der Waals surface area contributed by atoms with Gasteiger partial charge >= 0.3 is 0 Å². The Balaban J connectivity index is 1.84. The summed E-state index contributed by atoms with van der Waals surface area (Å²) in [5.41, 5.74) is 2.73. The molecule has 4 heteroatoms. The standard InChI is InChI=1S/C18H20N2O2/c1-11(16-9-6-10-22-16)19-13(3)18(21)17-12(2)20-15-8-5-4-7-14(15)17/h4-11,13,19-20H,1-3H3/p+1/t11-,13+/m1/s1. The number of nitrogens with one attached hydrogen (secondary N) is 1. The van der Waals surface area contributed by atoms with Gasteiger partial charge in [0.2, 0.25) is 5.78 Å². The highest BCUT2D eigenvalue weighted by Gasteiger charge is 2.26. The van der Waals surface area contributed by atoms with Gasteiger partial charge in [0.1, 0.15) is 12.1 Å². The first-order valence-electron chi connectivity index (χ1n) is 7.58. The maximum absolute atomic E-state index is 12.9. The fourth-order valence-corrected chi connectivity index (χ4v) is 2.99. The fourth-order valence-electron chi connectivity index (χ4n) is 2.99. The number of nitrogens with two attached hydrogens (primary N) is 1. The predicted octanol–water partition coefficient (Wildman–Crippen LogP) is 2.97. The van der Waals surface area contributed by atoms with E-state index in [1.165, 1.54) is 0 Å². The minimum atomic E-state index is -0.169. The van der Waals surface area contributed by atoms with E-state index in [1.807, 2.05) is 62.5 Å². The number of ketones is 1. The molecular formula is C18H21N2O2+. The monoisotopic (exact) mass is 297 g/mol. The number of fused-ring (bicyclic) bond motifs is 1. The van der Waals surface area contributed by atoms with E-state index >= 15 is 0 Å². The summed E-state index contributed by atoms with van der Waals surface area (Å²) < 4.78 is 5.41. The van der Waals surface area contributed by atoms with Crippen molar-refractivity contribution in [2.75, 3.05) is 0 Å². The van der Waals surface area contributed by atoms with Crippen LogP contribution >= 0.6 is 0 Å². The molecule has 0 aliphatic carbocycles. The topological polar surface area (TPSA) is 62.6 Å². The number of rotatable bonds is 5. The molecule has 0 aliphatic heterocycles. The Bertz CT molecular complexity index is 787. The Morgan fingerprint density at radius 2 is 1.95 bits per heavy atom. The van der Waals surface area contributed by atoms with Crippen LogP contribution in [0.3, 0.4) is 0 Å². The smallest absolute Gasteiger partial charge is 0.221 e. The second-order valence-electron chi connectivity index (χ2n) is 5.82. The summed E-state index contributed by atoms with van der Waals surface area (Å²) in [6.45, 7) is 5.95. The Hall–Kier alpha value is -2.33. The van der Waals surface area contributed by atoms with Gasteiger partial charge in [0.15, 0.2) is 5.76 Å². The highest BCUT2D eigenvalue weighted by molar-refractivity contribution is 6.10.